The van der Waals surface area contributed by atoms with E-state index in [1.165, 1.54) is 16.8 Å². The van der Waals surface area contributed by atoms with Gasteiger partial charge in [-0.2, -0.15) is 4.98 Å². The van der Waals surface area contributed by atoms with Gasteiger partial charge in [-0.05, 0) is 24.6 Å². The number of nitro benzene ring substituents is 1. The molecule has 2 heterocycles. The van der Waals surface area contributed by atoms with E-state index in [0.717, 1.165) is 0 Å². The van der Waals surface area contributed by atoms with Gasteiger partial charge in [-0.1, -0.05) is 35.9 Å². The summed E-state index contributed by atoms with van der Waals surface area (Å²) in [6.07, 6.45) is 0. The van der Waals surface area contributed by atoms with E-state index in [1.807, 2.05) is 6.07 Å². The number of carbonyl (C=O) groups excluding carboxylic acids is 1. The van der Waals surface area contributed by atoms with Gasteiger partial charge in [0.25, 0.3) is 5.69 Å². The average Bonchev–Trinajstić information content (AvgIpc) is 3.10. The Morgan fingerprint density at radius 3 is 2.72 bits per heavy atom. The number of allylic oxidation sites excluding steroid dienone is 1. The fourth-order valence-corrected chi connectivity index (χ4v) is 3.56. The Morgan fingerprint density at radius 2 is 2.03 bits per heavy atom. The van der Waals surface area contributed by atoms with Gasteiger partial charge in [0.2, 0.25) is 11.9 Å². The summed E-state index contributed by atoms with van der Waals surface area (Å²) >= 11 is 6.27. The molecule has 29 heavy (non-hydrogen) atoms. The number of fused-ring (bicyclic) bond motifs is 1. The van der Waals surface area contributed by atoms with Crippen LogP contribution in [-0.2, 0) is 4.79 Å². The zero-order valence-corrected chi connectivity index (χ0v) is 15.9. The third-order valence-electron chi connectivity index (χ3n) is 4.63. The highest BCUT2D eigenvalue weighted by Crippen LogP contribution is 2.37. The van der Waals surface area contributed by atoms with E-state index in [4.69, 9.17) is 17.3 Å². The highest BCUT2D eigenvalue weighted by molar-refractivity contribution is 6.33. The van der Waals surface area contributed by atoms with Crippen LogP contribution in [0.5, 0.6) is 0 Å². The molecule has 0 aliphatic carbocycles. The summed E-state index contributed by atoms with van der Waals surface area (Å²) in [5.74, 6) is 0.0675. The first-order chi connectivity index (χ1) is 13.9. The molecule has 0 radical (unpaired) electrons. The summed E-state index contributed by atoms with van der Waals surface area (Å²) in [4.78, 5) is 27.4. The van der Waals surface area contributed by atoms with Crippen molar-refractivity contribution in [3.8, 4) is 11.4 Å². The lowest BCUT2D eigenvalue weighted by atomic mass is 9.95. The van der Waals surface area contributed by atoms with Crippen molar-refractivity contribution >= 4 is 29.1 Å². The van der Waals surface area contributed by atoms with Crippen molar-refractivity contribution in [1.29, 1.82) is 0 Å². The molecule has 2 aromatic carbocycles. The quantitative estimate of drug-likeness (QED) is 0.501. The molecule has 1 atom stereocenters. The van der Waals surface area contributed by atoms with Gasteiger partial charge in [-0.15, -0.1) is 5.10 Å². The van der Waals surface area contributed by atoms with E-state index in [9.17, 15) is 14.9 Å². The van der Waals surface area contributed by atoms with Crippen molar-refractivity contribution in [1.82, 2.24) is 14.8 Å². The van der Waals surface area contributed by atoms with Crippen LogP contribution < -0.4 is 11.1 Å². The summed E-state index contributed by atoms with van der Waals surface area (Å²) in [5.41, 5.74) is 7.38. The Morgan fingerprint density at radius 1 is 1.28 bits per heavy atom. The van der Waals surface area contributed by atoms with Crippen LogP contribution in [0.25, 0.3) is 11.4 Å². The van der Waals surface area contributed by atoms with Gasteiger partial charge in [0.1, 0.15) is 6.04 Å². The van der Waals surface area contributed by atoms with Crippen LogP contribution in [0.4, 0.5) is 11.6 Å². The Labute approximate surface area is 170 Å². The largest absolute Gasteiger partial charge is 0.366 e. The number of rotatable bonds is 4. The second kappa shape index (κ2) is 7.02. The Hall–Kier alpha value is -3.72. The molecule has 146 valence electrons. The summed E-state index contributed by atoms with van der Waals surface area (Å²) in [6, 6.07) is 12.3. The molecule has 1 aliphatic heterocycles. The predicted molar refractivity (Wildman–Crippen MR) is 107 cm³/mol. The molecule has 0 saturated heterocycles. The van der Waals surface area contributed by atoms with Crippen LogP contribution in [0.2, 0.25) is 5.02 Å². The molecule has 0 unspecified atom stereocenters. The lowest BCUT2D eigenvalue weighted by Crippen LogP contribution is -2.31. The molecule has 1 amide bonds. The standard InChI is InChI=1S/C19H15ClN6O3/c1-10-15(17(21)27)16(11-5-4-6-12(9-11)26(28)29)25-19(22-10)23-18(24-25)13-7-2-3-8-14(13)20/h2-9,16H,1H3,(H2,21,27)(H,22,23,24)/t16-/m0/s1. The van der Waals surface area contributed by atoms with Crippen LogP contribution >= 0.6 is 11.6 Å². The molecule has 0 fully saturated rings. The third kappa shape index (κ3) is 3.21. The lowest BCUT2D eigenvalue weighted by molar-refractivity contribution is -0.384. The molecule has 3 aromatic rings. The predicted octanol–water partition coefficient (Wildman–Crippen LogP) is 3.28. The van der Waals surface area contributed by atoms with Crippen molar-refractivity contribution in [3.05, 3.63) is 80.5 Å². The molecule has 1 aliphatic rings. The highest BCUT2D eigenvalue weighted by Gasteiger charge is 2.34. The lowest BCUT2D eigenvalue weighted by Gasteiger charge is -2.27. The van der Waals surface area contributed by atoms with Gasteiger partial charge in [-0.25, -0.2) is 4.68 Å². The summed E-state index contributed by atoms with van der Waals surface area (Å²) in [5, 5.41) is 19.3. The Balaban J connectivity index is 1.91. The molecule has 0 saturated carbocycles. The normalized spacial score (nSPS) is 15.6. The van der Waals surface area contributed by atoms with Crippen LogP contribution in [-0.4, -0.2) is 25.6 Å². The van der Waals surface area contributed by atoms with Gasteiger partial charge in [-0.3, -0.25) is 14.9 Å². The third-order valence-corrected chi connectivity index (χ3v) is 4.96. The van der Waals surface area contributed by atoms with E-state index in [0.29, 0.717) is 33.6 Å². The minimum atomic E-state index is -0.771. The first-order valence-electron chi connectivity index (χ1n) is 8.60. The molecule has 0 bridgehead atoms. The topological polar surface area (TPSA) is 129 Å². The average molecular weight is 411 g/mol. The monoisotopic (exact) mass is 410 g/mol. The molecule has 10 heteroatoms. The number of aromatic nitrogens is 3. The molecule has 0 spiro atoms. The van der Waals surface area contributed by atoms with Crippen molar-refractivity contribution in [2.75, 3.05) is 5.32 Å². The second-order valence-electron chi connectivity index (χ2n) is 6.47. The van der Waals surface area contributed by atoms with Crippen LogP contribution in [0, 0.1) is 10.1 Å². The maximum absolute atomic E-state index is 12.2. The maximum atomic E-state index is 12.2. The van der Waals surface area contributed by atoms with E-state index in [1.54, 1.807) is 37.3 Å². The number of benzene rings is 2. The number of halogens is 1. The summed E-state index contributed by atoms with van der Waals surface area (Å²) in [7, 11) is 0. The van der Waals surface area contributed by atoms with E-state index in [2.05, 4.69) is 15.4 Å². The number of anilines is 1. The van der Waals surface area contributed by atoms with Gasteiger partial charge < -0.3 is 11.1 Å². The minimum Gasteiger partial charge on any atom is -0.366 e. The van der Waals surface area contributed by atoms with E-state index >= 15 is 0 Å². The SMILES string of the molecule is CC1=C(C(N)=O)[C@H](c2cccc([N+](=O)[O-])c2)n2nc(-c3ccccc3Cl)nc2N1. The van der Waals surface area contributed by atoms with Crippen LogP contribution in [0.15, 0.2) is 59.8 Å². The number of nitrogens with two attached hydrogens (primary N) is 1. The van der Waals surface area contributed by atoms with Crippen molar-refractivity contribution in [2.24, 2.45) is 5.73 Å². The number of nitrogens with one attached hydrogen (secondary N) is 1. The smallest absolute Gasteiger partial charge is 0.269 e. The van der Waals surface area contributed by atoms with Crippen molar-refractivity contribution in [3.63, 3.8) is 0 Å². The van der Waals surface area contributed by atoms with E-state index in [-0.39, 0.29) is 11.3 Å². The van der Waals surface area contributed by atoms with Crippen LogP contribution in [0.3, 0.4) is 0 Å². The fraction of sp³-hybridized carbons (Fsp3) is 0.105. The fourth-order valence-electron chi connectivity index (χ4n) is 3.34. The minimum absolute atomic E-state index is 0.101. The molecule has 1 aromatic heterocycles. The van der Waals surface area contributed by atoms with E-state index < -0.39 is 16.9 Å². The maximum Gasteiger partial charge on any atom is 0.269 e. The van der Waals surface area contributed by atoms with Crippen molar-refractivity contribution < 1.29 is 9.72 Å². The first kappa shape index (κ1) is 18.6. The Kier molecular flexibility index (Phi) is 4.51. The molecule has 4 rings (SSSR count). The van der Waals surface area contributed by atoms with Crippen molar-refractivity contribution in [2.45, 2.75) is 13.0 Å². The number of nitrogens with zero attached hydrogens (tertiary/aromatic N) is 4. The summed E-state index contributed by atoms with van der Waals surface area (Å²) in [6.45, 7) is 1.69. The van der Waals surface area contributed by atoms with Crippen LogP contribution in [0.1, 0.15) is 18.5 Å². The van der Waals surface area contributed by atoms with Gasteiger partial charge in [0.15, 0.2) is 5.82 Å². The number of nitro groups is 1. The van der Waals surface area contributed by atoms with Gasteiger partial charge in [0, 0.05) is 23.4 Å². The number of non-ortho nitro benzene ring substituents is 1. The van der Waals surface area contributed by atoms with Gasteiger partial charge in [0.05, 0.1) is 15.5 Å². The molecule has 3 N–H and O–H groups in total. The number of primary amides is 1. The first-order valence-corrected chi connectivity index (χ1v) is 8.98. The molecule has 9 nitrogen and oxygen atoms in total. The second-order valence-corrected chi connectivity index (χ2v) is 6.87. The number of hydrogen-bond acceptors (Lipinski definition) is 6. The molecular formula is C19H15ClN6O3. The Bertz CT molecular complexity index is 1190. The number of hydrogen-bond donors (Lipinski definition) is 2. The highest BCUT2D eigenvalue weighted by atomic mass is 35.5. The zero-order chi connectivity index (χ0) is 20.7. The number of carbonyl (C=O) groups is 1. The molecular weight excluding hydrogens is 396 g/mol. The van der Waals surface area contributed by atoms with Gasteiger partial charge >= 0.3 is 0 Å². The zero-order valence-electron chi connectivity index (χ0n) is 15.2. The number of amides is 1. The summed E-state index contributed by atoms with van der Waals surface area (Å²) < 4.78 is 1.49.